The Morgan fingerprint density at radius 3 is 2.04 bits per heavy atom. The fourth-order valence-corrected chi connectivity index (χ4v) is 2.65. The first-order chi connectivity index (χ1) is 11.4. The van der Waals surface area contributed by atoms with Crippen LogP contribution < -0.4 is 0 Å². The molecule has 0 amide bonds. The van der Waals surface area contributed by atoms with Crippen LogP contribution in [0.2, 0.25) is 0 Å². The fraction of sp³-hybridized carbons (Fsp3) is 0.238. The summed E-state index contributed by atoms with van der Waals surface area (Å²) in [6, 6.07) is 18.7. The minimum absolute atomic E-state index is 0. The Morgan fingerprint density at radius 2 is 1.50 bits per heavy atom. The molecule has 24 heavy (non-hydrogen) atoms. The van der Waals surface area contributed by atoms with Crippen molar-refractivity contribution in [2.45, 2.75) is 33.1 Å². The van der Waals surface area contributed by atoms with Gasteiger partial charge in [-0.25, -0.2) is 0 Å². The van der Waals surface area contributed by atoms with Crippen molar-refractivity contribution >= 4 is 0 Å². The number of nitrogens with zero attached hydrogens (tertiary/aromatic N) is 2. The Balaban J connectivity index is 0.000000925. The van der Waals surface area contributed by atoms with Crippen LogP contribution in [0.4, 0.5) is 0 Å². The fourth-order valence-electron chi connectivity index (χ4n) is 2.65. The summed E-state index contributed by atoms with van der Waals surface area (Å²) >= 11 is 0. The summed E-state index contributed by atoms with van der Waals surface area (Å²) in [7, 11) is 0. The molecule has 0 bridgehead atoms. The first-order valence-electron chi connectivity index (χ1n) is 8.29. The molecule has 2 nitrogen and oxygen atoms in total. The topological polar surface area (TPSA) is 25.8 Å². The van der Waals surface area contributed by atoms with Crippen molar-refractivity contribution in [3.8, 4) is 11.3 Å². The predicted molar refractivity (Wildman–Crippen MR) is 97.4 cm³/mol. The maximum atomic E-state index is 4.63. The molecule has 3 heteroatoms. The van der Waals surface area contributed by atoms with Gasteiger partial charge in [0.25, 0.3) is 0 Å². The molecule has 1 aromatic carbocycles. The van der Waals surface area contributed by atoms with E-state index in [4.69, 9.17) is 0 Å². The standard InChI is InChI=1S/C19H18N2.C2H6.V/c1-2-18(15-10-12-20-13-11-15)17-8-9-19(21-14-17)16-6-4-3-5-7-16;1-2;/h3-14,18H,2H2,1H3;1-2H3;. The van der Waals surface area contributed by atoms with E-state index in [1.54, 1.807) is 0 Å². The second kappa shape index (κ2) is 10.8. The number of rotatable bonds is 4. The Hall–Kier alpha value is -1.90. The van der Waals surface area contributed by atoms with Crippen LogP contribution in [-0.4, -0.2) is 9.97 Å². The summed E-state index contributed by atoms with van der Waals surface area (Å²) in [5.41, 5.74) is 4.72. The molecule has 0 N–H and O–H groups in total. The second-order valence-electron chi connectivity index (χ2n) is 5.08. The van der Waals surface area contributed by atoms with Crippen molar-refractivity contribution in [1.29, 1.82) is 0 Å². The summed E-state index contributed by atoms with van der Waals surface area (Å²) < 4.78 is 0. The van der Waals surface area contributed by atoms with Crippen molar-refractivity contribution in [3.63, 3.8) is 0 Å². The minimum Gasteiger partial charge on any atom is -0.265 e. The van der Waals surface area contributed by atoms with Gasteiger partial charge in [-0.05, 0) is 35.7 Å². The van der Waals surface area contributed by atoms with Gasteiger partial charge in [0.2, 0.25) is 0 Å². The number of aromatic nitrogens is 2. The van der Waals surface area contributed by atoms with Gasteiger partial charge < -0.3 is 0 Å². The van der Waals surface area contributed by atoms with Crippen LogP contribution in [0.5, 0.6) is 0 Å². The average molecular weight is 355 g/mol. The van der Waals surface area contributed by atoms with Crippen LogP contribution in [0.25, 0.3) is 11.3 Å². The van der Waals surface area contributed by atoms with Crippen LogP contribution >= 0.6 is 0 Å². The first-order valence-corrected chi connectivity index (χ1v) is 8.29. The molecule has 0 saturated carbocycles. The van der Waals surface area contributed by atoms with Crippen molar-refractivity contribution in [1.82, 2.24) is 9.97 Å². The van der Waals surface area contributed by atoms with Crippen molar-refractivity contribution < 1.29 is 18.6 Å². The largest absolute Gasteiger partial charge is 0.265 e. The Labute approximate surface area is 157 Å². The normalized spacial score (nSPS) is 10.8. The molecule has 123 valence electrons. The smallest absolute Gasteiger partial charge is 0.0702 e. The van der Waals surface area contributed by atoms with E-state index in [1.165, 1.54) is 11.1 Å². The van der Waals surface area contributed by atoms with Crippen LogP contribution in [0.1, 0.15) is 44.2 Å². The van der Waals surface area contributed by atoms with Gasteiger partial charge in [-0.15, -0.1) is 0 Å². The molecule has 2 aromatic heterocycles. The SMILES string of the molecule is CC.CCC(c1ccncc1)c1ccc(-c2ccccc2)nc1.[V]. The summed E-state index contributed by atoms with van der Waals surface area (Å²) in [5, 5.41) is 0. The maximum absolute atomic E-state index is 4.63. The molecule has 0 aliphatic heterocycles. The van der Waals surface area contributed by atoms with Crippen molar-refractivity contribution in [2.24, 2.45) is 0 Å². The van der Waals surface area contributed by atoms with Gasteiger partial charge in [-0.3, -0.25) is 9.97 Å². The predicted octanol–water partition coefficient (Wildman–Crippen LogP) is 5.71. The van der Waals surface area contributed by atoms with E-state index < -0.39 is 0 Å². The van der Waals surface area contributed by atoms with Gasteiger partial charge in [0.15, 0.2) is 0 Å². The molecule has 1 unspecified atom stereocenters. The third-order valence-electron chi connectivity index (χ3n) is 3.78. The summed E-state index contributed by atoms with van der Waals surface area (Å²) in [5.74, 6) is 0.380. The average Bonchev–Trinajstić information content (AvgIpc) is 2.66. The summed E-state index contributed by atoms with van der Waals surface area (Å²) in [6.07, 6.45) is 6.75. The van der Waals surface area contributed by atoms with E-state index in [1.807, 2.05) is 50.6 Å². The van der Waals surface area contributed by atoms with Crippen LogP contribution in [0.15, 0.2) is 73.2 Å². The molecule has 2 heterocycles. The van der Waals surface area contributed by atoms with E-state index in [2.05, 4.69) is 53.3 Å². The van der Waals surface area contributed by atoms with E-state index in [-0.39, 0.29) is 18.6 Å². The Morgan fingerprint density at radius 1 is 0.833 bits per heavy atom. The van der Waals surface area contributed by atoms with Gasteiger partial charge in [0.1, 0.15) is 0 Å². The quantitative estimate of drug-likeness (QED) is 0.599. The number of pyridine rings is 2. The zero-order valence-corrected chi connectivity index (χ0v) is 16.0. The van der Waals surface area contributed by atoms with Gasteiger partial charge in [-0.2, -0.15) is 0 Å². The van der Waals surface area contributed by atoms with Gasteiger partial charge in [0.05, 0.1) is 5.69 Å². The van der Waals surface area contributed by atoms with Crippen LogP contribution in [0.3, 0.4) is 0 Å². The third-order valence-corrected chi connectivity index (χ3v) is 3.78. The van der Waals surface area contributed by atoms with E-state index in [9.17, 15) is 0 Å². The first kappa shape index (κ1) is 20.1. The maximum Gasteiger partial charge on any atom is 0.0702 e. The van der Waals surface area contributed by atoms with Crippen molar-refractivity contribution in [2.75, 3.05) is 0 Å². The second-order valence-corrected chi connectivity index (χ2v) is 5.08. The van der Waals surface area contributed by atoms with Crippen LogP contribution in [-0.2, 0) is 18.6 Å². The molecule has 0 aliphatic rings. The van der Waals surface area contributed by atoms with Gasteiger partial charge in [0, 0.05) is 48.6 Å². The minimum atomic E-state index is 0. The molecule has 0 fully saturated rings. The Kier molecular flexibility index (Phi) is 9.07. The summed E-state index contributed by atoms with van der Waals surface area (Å²) in [6.45, 7) is 6.20. The molecule has 3 rings (SSSR count). The number of benzene rings is 1. The summed E-state index contributed by atoms with van der Waals surface area (Å²) in [4.78, 5) is 8.72. The number of hydrogen-bond acceptors (Lipinski definition) is 2. The van der Waals surface area contributed by atoms with E-state index in [0.29, 0.717) is 5.92 Å². The molecule has 0 saturated heterocycles. The molecule has 0 spiro atoms. The van der Waals surface area contributed by atoms with E-state index in [0.717, 1.165) is 17.7 Å². The molecule has 1 radical (unpaired) electrons. The zero-order valence-electron chi connectivity index (χ0n) is 14.6. The number of hydrogen-bond donors (Lipinski definition) is 0. The molecule has 0 aliphatic carbocycles. The monoisotopic (exact) mass is 355 g/mol. The molecule has 1 atom stereocenters. The van der Waals surface area contributed by atoms with Gasteiger partial charge in [-0.1, -0.05) is 57.2 Å². The van der Waals surface area contributed by atoms with Crippen LogP contribution in [0, 0.1) is 0 Å². The zero-order chi connectivity index (χ0) is 16.5. The van der Waals surface area contributed by atoms with Crippen molar-refractivity contribution in [3.05, 3.63) is 84.3 Å². The molecular weight excluding hydrogens is 331 g/mol. The Bertz CT molecular complexity index is 682. The van der Waals surface area contributed by atoms with E-state index >= 15 is 0 Å². The molecule has 3 aromatic rings. The third kappa shape index (κ3) is 5.05. The molecular formula is C21H24N2V. The van der Waals surface area contributed by atoms with Gasteiger partial charge >= 0.3 is 0 Å².